The minimum absolute atomic E-state index is 0.0512. The minimum atomic E-state index is -0.702. The number of hydrogen-bond donors (Lipinski definition) is 0. The lowest BCUT2D eigenvalue weighted by Crippen LogP contribution is -2.55. The molecule has 1 heterocycles. The predicted octanol–water partition coefficient (Wildman–Crippen LogP) is 8.81. The molecule has 224 valence electrons. The summed E-state index contributed by atoms with van der Waals surface area (Å²) in [7, 11) is 0. The van der Waals surface area contributed by atoms with Gasteiger partial charge in [-0.3, -0.25) is 4.79 Å². The molecule has 5 aliphatic rings. The monoisotopic (exact) mass is 544 g/mol. The molecule has 0 aromatic rings. The molecule has 1 aliphatic heterocycles. The van der Waals surface area contributed by atoms with Crippen LogP contribution in [0.1, 0.15) is 132 Å². The van der Waals surface area contributed by atoms with Gasteiger partial charge in [-0.05, 0) is 131 Å². The maximum absolute atomic E-state index is 13.2. The van der Waals surface area contributed by atoms with Gasteiger partial charge in [-0.15, -0.1) is 0 Å². The summed E-state index contributed by atoms with van der Waals surface area (Å²) < 4.78 is 17.9. The maximum Gasteiger partial charge on any atom is 0.316 e. The molecule has 5 fully saturated rings. The smallest absolute Gasteiger partial charge is 0.316 e. The Balaban J connectivity index is 1.19. The van der Waals surface area contributed by atoms with Gasteiger partial charge in [-0.2, -0.15) is 0 Å². The molecule has 39 heavy (non-hydrogen) atoms. The first-order valence-corrected chi connectivity index (χ1v) is 16.8. The Morgan fingerprint density at radius 3 is 2.18 bits per heavy atom. The van der Waals surface area contributed by atoms with E-state index in [1.807, 2.05) is 20.8 Å². The maximum atomic E-state index is 13.2. The van der Waals surface area contributed by atoms with Gasteiger partial charge < -0.3 is 14.2 Å². The van der Waals surface area contributed by atoms with Crippen molar-refractivity contribution in [1.29, 1.82) is 0 Å². The summed E-state index contributed by atoms with van der Waals surface area (Å²) in [5.74, 6) is 5.28. The van der Waals surface area contributed by atoms with E-state index < -0.39 is 11.2 Å². The molecule has 0 radical (unpaired) electrons. The molecule has 0 aromatic heterocycles. The number of carbonyl (C=O) groups excluding carboxylic acids is 1. The van der Waals surface area contributed by atoms with Gasteiger partial charge in [0.2, 0.25) is 0 Å². The minimum Gasteiger partial charge on any atom is -0.462 e. The van der Waals surface area contributed by atoms with Crippen molar-refractivity contribution in [3.8, 4) is 0 Å². The van der Waals surface area contributed by atoms with Gasteiger partial charge in [0, 0.05) is 0 Å². The lowest BCUT2D eigenvalue weighted by molar-refractivity contribution is -0.282. The molecular formula is C35H60O4. The molecule has 5 rings (SSSR count). The van der Waals surface area contributed by atoms with Gasteiger partial charge in [-0.1, -0.05) is 53.9 Å². The predicted molar refractivity (Wildman–Crippen MR) is 157 cm³/mol. The van der Waals surface area contributed by atoms with E-state index in [9.17, 15) is 4.79 Å². The number of ether oxygens (including phenoxy) is 3. The van der Waals surface area contributed by atoms with E-state index in [1.54, 1.807) is 0 Å². The van der Waals surface area contributed by atoms with E-state index in [-0.39, 0.29) is 12.1 Å². The number of carbonyl (C=O) groups is 1. The summed E-state index contributed by atoms with van der Waals surface area (Å²) in [6.07, 6.45) is 16.1. The summed E-state index contributed by atoms with van der Waals surface area (Å²) in [5, 5.41) is 0. The molecule has 1 saturated heterocycles. The third-order valence-corrected chi connectivity index (χ3v) is 13.1. The Morgan fingerprint density at radius 2 is 1.49 bits per heavy atom. The van der Waals surface area contributed by atoms with E-state index in [1.165, 1.54) is 64.2 Å². The molecule has 0 amide bonds. The highest BCUT2D eigenvalue weighted by Crippen LogP contribution is 2.68. The highest BCUT2D eigenvalue weighted by molar-refractivity contribution is 5.77. The fourth-order valence-electron chi connectivity index (χ4n) is 10.5. The second-order valence-electron chi connectivity index (χ2n) is 16.5. The van der Waals surface area contributed by atoms with Crippen molar-refractivity contribution in [2.45, 2.75) is 144 Å². The molecule has 4 heteroatoms. The normalized spacial score (nSPS) is 43.7. The van der Waals surface area contributed by atoms with Crippen molar-refractivity contribution in [1.82, 2.24) is 0 Å². The lowest BCUT2D eigenvalue weighted by atomic mass is 9.44. The fraction of sp³-hybridized carbons (Fsp3) is 0.971. The zero-order valence-electron chi connectivity index (χ0n) is 26.7. The van der Waals surface area contributed by atoms with E-state index in [4.69, 9.17) is 14.2 Å². The van der Waals surface area contributed by atoms with Crippen molar-refractivity contribution in [2.24, 2.45) is 57.7 Å². The van der Waals surface area contributed by atoms with Crippen LogP contribution in [-0.2, 0) is 19.0 Å². The van der Waals surface area contributed by atoms with Gasteiger partial charge >= 0.3 is 5.97 Å². The van der Waals surface area contributed by atoms with Crippen LogP contribution in [0.25, 0.3) is 0 Å². The van der Waals surface area contributed by atoms with Gasteiger partial charge in [0.15, 0.2) is 5.79 Å². The summed E-state index contributed by atoms with van der Waals surface area (Å²) in [4.78, 5) is 13.2. The molecule has 0 bridgehead atoms. The van der Waals surface area contributed by atoms with Crippen LogP contribution in [0.15, 0.2) is 0 Å². The molecule has 0 N–H and O–H groups in total. The van der Waals surface area contributed by atoms with E-state index in [0.717, 1.165) is 48.3 Å². The van der Waals surface area contributed by atoms with Gasteiger partial charge in [-0.25, -0.2) is 0 Å². The standard InChI is InChI=1S/C35H60O4/c1-23(2)10-9-11-24(3)28-14-15-29-27-13-12-25-20-26(16-18-34(25,7)30(27)17-19-35(28,29)8)39-31(36)33(6)21-37-32(4,5)38-22-33/h23-30H,9-22H2,1-8H3/t24-,25?,26-,27?,28-,29?,30?,34+,35-/m1/s1. The highest BCUT2D eigenvalue weighted by Gasteiger charge is 2.61. The topological polar surface area (TPSA) is 44.8 Å². The average Bonchev–Trinajstić information content (AvgIpc) is 3.23. The van der Waals surface area contributed by atoms with Crippen LogP contribution in [0.3, 0.4) is 0 Å². The number of esters is 1. The van der Waals surface area contributed by atoms with Crippen LogP contribution in [-0.4, -0.2) is 31.1 Å². The van der Waals surface area contributed by atoms with E-state index in [2.05, 4.69) is 34.6 Å². The summed E-state index contributed by atoms with van der Waals surface area (Å²) in [6, 6.07) is 0. The Labute approximate surface area is 240 Å². The van der Waals surface area contributed by atoms with E-state index in [0.29, 0.717) is 30.0 Å². The number of fused-ring (bicyclic) bond motifs is 5. The second-order valence-corrected chi connectivity index (χ2v) is 16.5. The van der Waals surface area contributed by atoms with Crippen molar-refractivity contribution >= 4 is 5.97 Å². The van der Waals surface area contributed by atoms with Crippen molar-refractivity contribution in [3.63, 3.8) is 0 Å². The first kappa shape index (κ1) is 29.9. The van der Waals surface area contributed by atoms with Crippen LogP contribution in [0.5, 0.6) is 0 Å². The molecule has 4 saturated carbocycles. The number of rotatable bonds is 7. The molecule has 9 atom stereocenters. The van der Waals surface area contributed by atoms with Crippen LogP contribution in [0, 0.1) is 57.7 Å². The fourth-order valence-corrected chi connectivity index (χ4v) is 10.5. The molecule has 4 unspecified atom stereocenters. The van der Waals surface area contributed by atoms with Crippen LogP contribution < -0.4 is 0 Å². The summed E-state index contributed by atoms with van der Waals surface area (Å²) in [5.41, 5.74) is 0.272. The van der Waals surface area contributed by atoms with Crippen LogP contribution in [0.4, 0.5) is 0 Å². The zero-order chi connectivity index (χ0) is 28.2. The zero-order valence-corrected chi connectivity index (χ0v) is 26.7. The van der Waals surface area contributed by atoms with Gasteiger partial charge in [0.25, 0.3) is 0 Å². The average molecular weight is 545 g/mol. The van der Waals surface area contributed by atoms with Crippen molar-refractivity contribution < 1.29 is 19.0 Å². The van der Waals surface area contributed by atoms with Crippen molar-refractivity contribution in [3.05, 3.63) is 0 Å². The highest BCUT2D eigenvalue weighted by atomic mass is 16.7. The number of hydrogen-bond acceptors (Lipinski definition) is 4. The molecule has 4 nitrogen and oxygen atoms in total. The van der Waals surface area contributed by atoms with Gasteiger partial charge in [0.05, 0.1) is 13.2 Å². The van der Waals surface area contributed by atoms with Crippen molar-refractivity contribution in [2.75, 3.05) is 13.2 Å². The quantitative estimate of drug-likeness (QED) is 0.300. The first-order chi connectivity index (χ1) is 18.3. The summed E-state index contributed by atoms with van der Waals surface area (Å²) >= 11 is 0. The molecular weight excluding hydrogens is 484 g/mol. The Bertz CT molecular complexity index is 870. The SMILES string of the molecule is CC(C)CCC[C@@H](C)[C@H]1CCC2C3CCC4C[C@H](OC(=O)C5(C)COC(C)(C)OC5)CC[C@]4(C)C3CC[C@@]21C. The molecule has 4 aliphatic carbocycles. The first-order valence-electron chi connectivity index (χ1n) is 16.8. The Hall–Kier alpha value is -0.610. The van der Waals surface area contributed by atoms with Crippen LogP contribution in [0.2, 0.25) is 0 Å². The molecule has 0 spiro atoms. The lowest BCUT2D eigenvalue weighted by Gasteiger charge is -2.61. The second kappa shape index (κ2) is 10.9. The molecule has 0 aromatic carbocycles. The third kappa shape index (κ3) is 5.61. The third-order valence-electron chi connectivity index (χ3n) is 13.1. The Kier molecular flexibility index (Phi) is 8.35. The largest absolute Gasteiger partial charge is 0.462 e. The van der Waals surface area contributed by atoms with Crippen LogP contribution >= 0.6 is 0 Å². The Morgan fingerprint density at radius 1 is 0.821 bits per heavy atom. The van der Waals surface area contributed by atoms with Gasteiger partial charge in [0.1, 0.15) is 11.5 Å². The van der Waals surface area contributed by atoms with E-state index >= 15 is 0 Å². The summed E-state index contributed by atoms with van der Waals surface area (Å²) in [6.45, 7) is 19.1.